The van der Waals surface area contributed by atoms with Crippen LogP contribution in [0.2, 0.25) is 0 Å². The van der Waals surface area contributed by atoms with Gasteiger partial charge in [0.05, 0.1) is 12.7 Å². The molecule has 104 valence electrons. The summed E-state index contributed by atoms with van der Waals surface area (Å²) in [5.74, 6) is 0.629. The number of nitrogens with zero attached hydrogens (tertiary/aromatic N) is 2. The van der Waals surface area contributed by atoms with E-state index in [2.05, 4.69) is 4.98 Å². The third-order valence-corrected chi connectivity index (χ3v) is 3.01. The van der Waals surface area contributed by atoms with Gasteiger partial charge in [-0.15, -0.1) is 0 Å². The van der Waals surface area contributed by atoms with E-state index in [1.165, 1.54) is 0 Å². The number of pyridine rings is 1. The first-order valence-electron chi connectivity index (χ1n) is 6.63. The van der Waals surface area contributed by atoms with Crippen LogP contribution in [-0.4, -0.2) is 46.7 Å². The van der Waals surface area contributed by atoms with E-state index in [0.29, 0.717) is 43.5 Å². The van der Waals surface area contributed by atoms with Crippen molar-refractivity contribution in [1.29, 1.82) is 0 Å². The predicted octanol–water partition coefficient (Wildman–Crippen LogP) is 1.32. The monoisotopic (exact) mass is 264 g/mol. The summed E-state index contributed by atoms with van der Waals surface area (Å²) in [5, 5.41) is 9.50. The number of ether oxygens (including phenoxy) is 1. The van der Waals surface area contributed by atoms with Crippen LogP contribution >= 0.6 is 0 Å². The van der Waals surface area contributed by atoms with Gasteiger partial charge in [0.25, 0.3) is 5.91 Å². The molecule has 1 atom stereocenters. The molecule has 1 aromatic rings. The summed E-state index contributed by atoms with van der Waals surface area (Å²) in [6.45, 7) is 5.58. The number of aliphatic hydroxyl groups excluding tert-OH is 1. The Hall–Kier alpha value is -1.62. The van der Waals surface area contributed by atoms with E-state index in [-0.39, 0.29) is 5.91 Å². The number of β-amino-alcohol motifs (C(OH)–C–C–N with tert-alkyl or cyclic N) is 1. The van der Waals surface area contributed by atoms with Crippen molar-refractivity contribution in [2.45, 2.75) is 26.4 Å². The molecule has 0 unspecified atom stereocenters. The van der Waals surface area contributed by atoms with Crippen LogP contribution in [0.1, 0.15) is 30.6 Å². The zero-order valence-corrected chi connectivity index (χ0v) is 11.4. The van der Waals surface area contributed by atoms with Crippen molar-refractivity contribution in [3.8, 4) is 5.88 Å². The smallest absolute Gasteiger partial charge is 0.259 e. The third-order valence-electron chi connectivity index (χ3n) is 3.01. The van der Waals surface area contributed by atoms with Gasteiger partial charge in [-0.3, -0.25) is 4.79 Å². The summed E-state index contributed by atoms with van der Waals surface area (Å²) in [4.78, 5) is 18.1. The van der Waals surface area contributed by atoms with Crippen molar-refractivity contribution in [3.05, 3.63) is 23.9 Å². The predicted molar refractivity (Wildman–Crippen MR) is 71.1 cm³/mol. The van der Waals surface area contributed by atoms with Gasteiger partial charge in [0.15, 0.2) is 0 Å². The van der Waals surface area contributed by atoms with Crippen LogP contribution in [0.15, 0.2) is 18.3 Å². The maximum atomic E-state index is 12.4. The van der Waals surface area contributed by atoms with Crippen LogP contribution in [0.5, 0.6) is 5.88 Å². The molecule has 0 aliphatic carbocycles. The van der Waals surface area contributed by atoms with Crippen molar-refractivity contribution < 1.29 is 14.6 Å². The summed E-state index contributed by atoms with van der Waals surface area (Å²) >= 11 is 0. The Morgan fingerprint density at radius 3 is 3.05 bits per heavy atom. The number of carbonyl (C=O) groups excluding carboxylic acids is 1. The molecule has 2 rings (SSSR count). The molecule has 19 heavy (non-hydrogen) atoms. The fraction of sp³-hybridized carbons (Fsp3) is 0.571. The van der Waals surface area contributed by atoms with Crippen LogP contribution in [0, 0.1) is 5.92 Å². The molecule has 1 saturated heterocycles. The summed E-state index contributed by atoms with van der Waals surface area (Å²) in [6.07, 6.45) is 1.83. The second kappa shape index (κ2) is 6.02. The molecule has 5 nitrogen and oxygen atoms in total. The van der Waals surface area contributed by atoms with E-state index in [9.17, 15) is 9.90 Å². The lowest BCUT2D eigenvalue weighted by atomic mass is 10.2. The summed E-state index contributed by atoms with van der Waals surface area (Å²) in [5.41, 5.74) is 0.470. The molecule has 0 bridgehead atoms. The average Bonchev–Trinajstić information content (AvgIpc) is 2.82. The molecule has 0 spiro atoms. The summed E-state index contributed by atoms with van der Waals surface area (Å²) < 4.78 is 5.58. The molecule has 0 aromatic carbocycles. The molecule has 0 radical (unpaired) electrons. The molecule has 0 saturated carbocycles. The first-order valence-corrected chi connectivity index (χ1v) is 6.63. The van der Waals surface area contributed by atoms with Gasteiger partial charge in [0, 0.05) is 19.3 Å². The van der Waals surface area contributed by atoms with E-state index in [1.54, 1.807) is 23.2 Å². The van der Waals surface area contributed by atoms with Crippen molar-refractivity contribution in [2.24, 2.45) is 5.92 Å². The second-order valence-electron chi connectivity index (χ2n) is 5.25. The Morgan fingerprint density at radius 1 is 1.63 bits per heavy atom. The van der Waals surface area contributed by atoms with E-state index in [4.69, 9.17) is 4.74 Å². The zero-order chi connectivity index (χ0) is 13.8. The largest absolute Gasteiger partial charge is 0.477 e. The molecule has 1 aromatic heterocycles. The normalized spacial score (nSPS) is 18.9. The summed E-state index contributed by atoms with van der Waals surface area (Å²) in [7, 11) is 0. The van der Waals surface area contributed by atoms with Crippen LogP contribution in [-0.2, 0) is 0 Å². The molecule has 1 N–H and O–H groups in total. The maximum absolute atomic E-state index is 12.4. The first kappa shape index (κ1) is 13.8. The SMILES string of the molecule is CC(C)COc1ncccc1C(=O)N1CC[C@@H](O)C1. The molecular weight excluding hydrogens is 244 g/mol. The van der Waals surface area contributed by atoms with Crippen LogP contribution in [0.25, 0.3) is 0 Å². The van der Waals surface area contributed by atoms with Crippen LogP contribution in [0.4, 0.5) is 0 Å². The molecule has 1 aliphatic rings. The van der Waals surface area contributed by atoms with Crippen molar-refractivity contribution in [3.63, 3.8) is 0 Å². The lowest BCUT2D eigenvalue weighted by Crippen LogP contribution is -2.30. The minimum atomic E-state index is -0.416. The highest BCUT2D eigenvalue weighted by atomic mass is 16.5. The van der Waals surface area contributed by atoms with Crippen LogP contribution < -0.4 is 4.74 Å². The Bertz CT molecular complexity index is 448. The number of rotatable bonds is 4. The summed E-state index contributed by atoms with van der Waals surface area (Å²) in [6, 6.07) is 3.44. The van der Waals surface area contributed by atoms with Crippen molar-refractivity contribution in [2.75, 3.05) is 19.7 Å². The van der Waals surface area contributed by atoms with Crippen molar-refractivity contribution in [1.82, 2.24) is 9.88 Å². The van der Waals surface area contributed by atoms with Gasteiger partial charge in [-0.05, 0) is 24.5 Å². The standard InChI is InChI=1S/C14H20N2O3/c1-10(2)9-19-13-12(4-3-6-15-13)14(18)16-7-5-11(17)8-16/h3-4,6,10-11,17H,5,7-9H2,1-2H3/t11-/m1/s1. The number of likely N-dealkylation sites (tertiary alicyclic amines) is 1. The van der Waals surface area contributed by atoms with Crippen LogP contribution in [0.3, 0.4) is 0 Å². The number of amides is 1. The molecule has 1 fully saturated rings. The van der Waals surface area contributed by atoms with E-state index in [1.807, 2.05) is 13.8 Å². The lowest BCUT2D eigenvalue weighted by Gasteiger charge is -2.17. The van der Waals surface area contributed by atoms with Crippen molar-refractivity contribution >= 4 is 5.91 Å². The van der Waals surface area contributed by atoms with Gasteiger partial charge in [-0.25, -0.2) is 4.98 Å². The van der Waals surface area contributed by atoms with E-state index in [0.717, 1.165) is 0 Å². The fourth-order valence-electron chi connectivity index (χ4n) is 2.01. The topological polar surface area (TPSA) is 62.7 Å². The first-order chi connectivity index (χ1) is 9.08. The molecule has 5 heteroatoms. The minimum absolute atomic E-state index is 0.122. The molecule has 2 heterocycles. The molecule has 1 amide bonds. The minimum Gasteiger partial charge on any atom is -0.477 e. The molecule has 1 aliphatic heterocycles. The van der Waals surface area contributed by atoms with Gasteiger partial charge in [0.1, 0.15) is 5.56 Å². The van der Waals surface area contributed by atoms with Gasteiger partial charge in [0.2, 0.25) is 5.88 Å². The van der Waals surface area contributed by atoms with Gasteiger partial charge >= 0.3 is 0 Å². The number of carbonyl (C=O) groups is 1. The number of hydrogen-bond acceptors (Lipinski definition) is 4. The molecular formula is C14H20N2O3. The maximum Gasteiger partial charge on any atom is 0.259 e. The van der Waals surface area contributed by atoms with E-state index >= 15 is 0 Å². The Kier molecular flexibility index (Phi) is 4.37. The zero-order valence-electron chi connectivity index (χ0n) is 11.4. The number of hydrogen-bond donors (Lipinski definition) is 1. The quantitative estimate of drug-likeness (QED) is 0.891. The Balaban J connectivity index is 2.12. The lowest BCUT2D eigenvalue weighted by molar-refractivity contribution is 0.0758. The van der Waals surface area contributed by atoms with Gasteiger partial charge in [-0.2, -0.15) is 0 Å². The number of aliphatic hydroxyl groups is 1. The van der Waals surface area contributed by atoms with Gasteiger partial charge < -0.3 is 14.7 Å². The van der Waals surface area contributed by atoms with E-state index < -0.39 is 6.10 Å². The highest BCUT2D eigenvalue weighted by molar-refractivity contribution is 5.96. The highest BCUT2D eigenvalue weighted by Crippen LogP contribution is 2.20. The third kappa shape index (κ3) is 3.44. The number of aromatic nitrogens is 1. The van der Waals surface area contributed by atoms with Gasteiger partial charge in [-0.1, -0.05) is 13.8 Å². The second-order valence-corrected chi connectivity index (χ2v) is 5.25. The Morgan fingerprint density at radius 2 is 2.42 bits per heavy atom. The Labute approximate surface area is 113 Å². The highest BCUT2D eigenvalue weighted by Gasteiger charge is 2.27. The average molecular weight is 264 g/mol. The fourth-order valence-corrected chi connectivity index (χ4v) is 2.01.